The molecule has 0 spiro atoms. The molecule has 26 heavy (non-hydrogen) atoms. The predicted octanol–water partition coefficient (Wildman–Crippen LogP) is 3.87. The van der Waals surface area contributed by atoms with Crippen LogP contribution in [0.5, 0.6) is 0 Å². The Balaban J connectivity index is 1.48. The summed E-state index contributed by atoms with van der Waals surface area (Å²) in [6.07, 6.45) is 0.555. The average molecular weight is 368 g/mol. The van der Waals surface area contributed by atoms with Gasteiger partial charge in [-0.25, -0.2) is 0 Å². The van der Waals surface area contributed by atoms with Crippen molar-refractivity contribution in [2.24, 2.45) is 11.8 Å². The van der Waals surface area contributed by atoms with Gasteiger partial charge in [0, 0.05) is 25.0 Å². The van der Waals surface area contributed by atoms with E-state index in [1.165, 1.54) is 18.9 Å². The third-order valence-corrected chi connectivity index (χ3v) is 5.42. The van der Waals surface area contributed by atoms with Crippen LogP contribution < -0.4 is 5.32 Å². The summed E-state index contributed by atoms with van der Waals surface area (Å²) < 4.78 is 38.5. The van der Waals surface area contributed by atoms with Crippen LogP contribution in [0.2, 0.25) is 0 Å². The van der Waals surface area contributed by atoms with Gasteiger partial charge in [-0.2, -0.15) is 13.2 Å². The molecule has 1 saturated heterocycles. The highest BCUT2D eigenvalue weighted by Crippen LogP contribution is 2.30. The summed E-state index contributed by atoms with van der Waals surface area (Å²) >= 11 is 0. The van der Waals surface area contributed by atoms with Gasteiger partial charge in [0.15, 0.2) is 0 Å². The van der Waals surface area contributed by atoms with Crippen molar-refractivity contribution in [1.29, 1.82) is 0 Å². The van der Waals surface area contributed by atoms with Gasteiger partial charge in [0.1, 0.15) is 0 Å². The van der Waals surface area contributed by atoms with Crippen LogP contribution in [0.25, 0.3) is 0 Å². The number of halogens is 3. The highest BCUT2D eigenvalue weighted by Gasteiger charge is 2.31. The summed E-state index contributed by atoms with van der Waals surface area (Å²) in [6.45, 7) is 4.35. The molecule has 2 fully saturated rings. The molecule has 1 aromatic carbocycles. The molecule has 1 aromatic rings. The zero-order valence-corrected chi connectivity index (χ0v) is 15.2. The first-order valence-electron chi connectivity index (χ1n) is 9.51. The molecule has 0 radical (unpaired) electrons. The second kappa shape index (κ2) is 7.99. The van der Waals surface area contributed by atoms with Crippen molar-refractivity contribution in [1.82, 2.24) is 10.2 Å². The van der Waals surface area contributed by atoms with Gasteiger partial charge in [0.05, 0.1) is 5.56 Å². The van der Waals surface area contributed by atoms with Crippen LogP contribution in [0.1, 0.15) is 43.7 Å². The van der Waals surface area contributed by atoms with Gasteiger partial charge in [-0.1, -0.05) is 25.1 Å². The number of alkyl halides is 3. The number of benzene rings is 1. The first-order chi connectivity index (χ1) is 12.3. The molecule has 1 aliphatic heterocycles. The molecule has 1 aliphatic carbocycles. The van der Waals surface area contributed by atoms with Crippen molar-refractivity contribution < 1.29 is 18.0 Å². The lowest BCUT2D eigenvalue weighted by molar-refractivity contribution is -0.137. The summed E-state index contributed by atoms with van der Waals surface area (Å²) in [7, 11) is 0. The van der Waals surface area contributed by atoms with Crippen molar-refractivity contribution >= 4 is 5.91 Å². The minimum atomic E-state index is -4.35. The quantitative estimate of drug-likeness (QED) is 0.827. The van der Waals surface area contributed by atoms with Gasteiger partial charge in [0.2, 0.25) is 5.91 Å². The van der Waals surface area contributed by atoms with E-state index in [1.807, 2.05) is 4.90 Å². The van der Waals surface area contributed by atoms with E-state index in [0.29, 0.717) is 18.0 Å². The van der Waals surface area contributed by atoms with E-state index in [4.69, 9.17) is 0 Å². The fourth-order valence-electron chi connectivity index (χ4n) is 3.59. The Morgan fingerprint density at radius 1 is 1.23 bits per heavy atom. The first kappa shape index (κ1) is 19.2. The maximum absolute atomic E-state index is 12.8. The Morgan fingerprint density at radius 2 is 1.92 bits per heavy atom. The topological polar surface area (TPSA) is 32.3 Å². The molecule has 0 bridgehead atoms. The van der Waals surface area contributed by atoms with E-state index < -0.39 is 11.7 Å². The maximum Gasteiger partial charge on any atom is 0.416 e. The molecule has 3 rings (SSSR count). The van der Waals surface area contributed by atoms with E-state index in [0.717, 1.165) is 50.5 Å². The van der Waals surface area contributed by atoms with Crippen molar-refractivity contribution in [3.8, 4) is 0 Å². The molecule has 1 amide bonds. The van der Waals surface area contributed by atoms with Gasteiger partial charge in [-0.05, 0) is 56.2 Å². The van der Waals surface area contributed by atoms with Crippen LogP contribution in [0.4, 0.5) is 13.2 Å². The number of hydrogen-bond donors (Lipinski definition) is 1. The number of nitrogens with zero attached hydrogens (tertiary/aromatic N) is 1. The monoisotopic (exact) mass is 368 g/mol. The molecule has 3 nitrogen and oxygen atoms in total. The Labute approximate surface area is 152 Å². The van der Waals surface area contributed by atoms with Crippen LogP contribution >= 0.6 is 0 Å². The second-order valence-electron chi connectivity index (χ2n) is 7.75. The maximum atomic E-state index is 12.8. The smallest absolute Gasteiger partial charge is 0.342 e. The summed E-state index contributed by atoms with van der Waals surface area (Å²) in [6, 6.07) is 5.77. The van der Waals surface area contributed by atoms with E-state index in [9.17, 15) is 18.0 Å². The largest absolute Gasteiger partial charge is 0.416 e. The van der Waals surface area contributed by atoms with Crippen LogP contribution in [-0.4, -0.2) is 36.5 Å². The van der Waals surface area contributed by atoms with Crippen LogP contribution in [0.3, 0.4) is 0 Å². The van der Waals surface area contributed by atoms with Crippen molar-refractivity contribution in [3.05, 3.63) is 35.4 Å². The zero-order valence-electron chi connectivity index (χ0n) is 15.2. The first-order valence-corrected chi connectivity index (χ1v) is 9.51. The van der Waals surface area contributed by atoms with Crippen molar-refractivity contribution in [2.45, 2.75) is 51.2 Å². The number of nitrogens with one attached hydrogen (secondary N) is 1. The van der Waals surface area contributed by atoms with E-state index in [-0.39, 0.29) is 11.8 Å². The van der Waals surface area contributed by atoms with Gasteiger partial charge in [0.25, 0.3) is 0 Å². The number of amides is 1. The van der Waals surface area contributed by atoms with E-state index in [1.54, 1.807) is 13.0 Å². The molecule has 1 N–H and O–H groups in total. The number of carbonyl (C=O) groups is 1. The van der Waals surface area contributed by atoms with E-state index in [2.05, 4.69) is 5.32 Å². The van der Waals surface area contributed by atoms with Gasteiger partial charge >= 0.3 is 6.18 Å². The number of piperidine rings is 1. The van der Waals surface area contributed by atoms with Crippen LogP contribution in [-0.2, 0) is 17.4 Å². The molecule has 1 heterocycles. The Bertz CT molecular complexity index is 620. The molecule has 1 atom stereocenters. The fourth-order valence-corrected chi connectivity index (χ4v) is 3.59. The summed E-state index contributed by atoms with van der Waals surface area (Å²) in [4.78, 5) is 14.5. The average Bonchev–Trinajstić information content (AvgIpc) is 3.44. The Morgan fingerprint density at radius 3 is 2.54 bits per heavy atom. The molecule has 1 saturated carbocycles. The number of rotatable bonds is 6. The summed E-state index contributed by atoms with van der Waals surface area (Å²) in [5, 5.41) is 3.59. The molecule has 6 heteroatoms. The van der Waals surface area contributed by atoms with E-state index >= 15 is 0 Å². The van der Waals surface area contributed by atoms with Crippen molar-refractivity contribution in [3.63, 3.8) is 0 Å². The van der Waals surface area contributed by atoms with Gasteiger partial charge < -0.3 is 10.2 Å². The lowest BCUT2D eigenvalue weighted by Gasteiger charge is -2.34. The molecule has 144 valence electrons. The fraction of sp³-hybridized carbons (Fsp3) is 0.650. The molecular formula is C20H27F3N2O. The van der Waals surface area contributed by atoms with Crippen molar-refractivity contribution in [2.75, 3.05) is 19.6 Å². The summed E-state index contributed by atoms with van der Waals surface area (Å²) in [5.41, 5.74) is -0.0983. The van der Waals surface area contributed by atoms with Gasteiger partial charge in [-0.15, -0.1) is 0 Å². The lowest BCUT2D eigenvalue weighted by atomic mass is 9.96. The highest BCUT2D eigenvalue weighted by molar-refractivity contribution is 5.78. The van der Waals surface area contributed by atoms with Gasteiger partial charge in [-0.3, -0.25) is 4.79 Å². The lowest BCUT2D eigenvalue weighted by Crippen LogP contribution is -2.47. The molecule has 1 unspecified atom stereocenters. The minimum absolute atomic E-state index is 0.0445. The zero-order chi connectivity index (χ0) is 18.7. The third kappa shape index (κ3) is 5.22. The normalized spacial score (nSPS) is 20.2. The van der Waals surface area contributed by atoms with Crippen LogP contribution in [0, 0.1) is 11.8 Å². The Hall–Kier alpha value is -1.56. The molecule has 2 aliphatic rings. The minimum Gasteiger partial charge on any atom is -0.342 e. The Kier molecular flexibility index (Phi) is 5.90. The SMILES string of the molecule is CC(Cc1cccc(C(F)(F)F)c1)C(=O)N1CCC(NCC2CC2)CC1. The number of likely N-dealkylation sites (tertiary alicyclic amines) is 1. The number of carbonyl (C=O) groups excluding carboxylic acids is 1. The highest BCUT2D eigenvalue weighted by atomic mass is 19.4. The van der Waals surface area contributed by atoms with Crippen LogP contribution in [0.15, 0.2) is 24.3 Å². The molecule has 0 aromatic heterocycles. The second-order valence-corrected chi connectivity index (χ2v) is 7.75. The molecular weight excluding hydrogens is 341 g/mol. The predicted molar refractivity (Wildman–Crippen MR) is 94.6 cm³/mol. The number of hydrogen-bond acceptors (Lipinski definition) is 2. The third-order valence-electron chi connectivity index (χ3n) is 5.42. The summed E-state index contributed by atoms with van der Waals surface area (Å²) in [5.74, 6) is 0.583. The standard InChI is InChI=1S/C20H27F3N2O/c1-14(11-16-3-2-4-17(12-16)20(21,22)23)19(26)25-9-7-18(8-10-25)24-13-15-5-6-15/h2-4,12,14-15,18,24H,5-11,13H2,1H3.